The molecule has 10 heteroatoms. The lowest BCUT2D eigenvalue weighted by molar-refractivity contribution is -0.384. The lowest BCUT2D eigenvalue weighted by atomic mass is 10.1. The van der Waals surface area contributed by atoms with Crippen LogP contribution in [0.3, 0.4) is 0 Å². The summed E-state index contributed by atoms with van der Waals surface area (Å²) in [5, 5.41) is 13.2. The van der Waals surface area contributed by atoms with Gasteiger partial charge in [-0.3, -0.25) is 14.9 Å². The van der Waals surface area contributed by atoms with E-state index in [0.717, 1.165) is 12.0 Å². The Hall–Kier alpha value is -2.98. The second-order valence-corrected chi connectivity index (χ2v) is 8.07. The van der Waals surface area contributed by atoms with Crippen LogP contribution in [-0.4, -0.2) is 61.2 Å². The summed E-state index contributed by atoms with van der Waals surface area (Å²) in [5.41, 5.74) is 1.55. The highest BCUT2D eigenvalue weighted by Gasteiger charge is 2.26. The van der Waals surface area contributed by atoms with E-state index in [-0.39, 0.29) is 17.2 Å². The summed E-state index contributed by atoms with van der Waals surface area (Å²) in [5.74, 6) is -1.03. The first-order valence-electron chi connectivity index (χ1n) is 9.64. The van der Waals surface area contributed by atoms with Gasteiger partial charge in [-0.15, -0.1) is 11.3 Å². The predicted octanol–water partition coefficient (Wildman–Crippen LogP) is 2.23. The number of thiophene rings is 1. The van der Waals surface area contributed by atoms with E-state index in [1.807, 2.05) is 16.3 Å². The molecule has 1 aromatic carbocycles. The third kappa shape index (κ3) is 4.29. The standard InChI is InChI=1S/C20H21N3O6S/c24-19(22-5-3-18-14(12-22)4-10-30-18)13-29-20(25)16-11-15(23(26)27)1-2-17(16)21-6-8-28-9-7-21/h1-2,4,10-11H,3,5-9,12-13H2. The van der Waals surface area contributed by atoms with Gasteiger partial charge in [-0.05, 0) is 29.5 Å². The summed E-state index contributed by atoms with van der Waals surface area (Å²) in [4.78, 5) is 40.8. The Morgan fingerprint density at radius 3 is 2.77 bits per heavy atom. The van der Waals surface area contributed by atoms with Gasteiger partial charge in [0.1, 0.15) is 0 Å². The molecule has 0 N–H and O–H groups in total. The molecule has 3 heterocycles. The van der Waals surface area contributed by atoms with Gasteiger partial charge in [0, 0.05) is 43.2 Å². The molecule has 1 fully saturated rings. The SMILES string of the molecule is O=C(OCC(=O)N1CCc2sccc2C1)c1cc([N+](=O)[O-])ccc1N1CCOCC1. The number of nitro groups is 1. The number of fused-ring (bicyclic) bond motifs is 1. The van der Waals surface area contributed by atoms with E-state index in [1.54, 1.807) is 22.3 Å². The summed E-state index contributed by atoms with van der Waals surface area (Å²) < 4.78 is 10.6. The Kier molecular flexibility index (Phi) is 5.96. The Balaban J connectivity index is 1.46. The Morgan fingerprint density at radius 1 is 1.20 bits per heavy atom. The van der Waals surface area contributed by atoms with Gasteiger partial charge < -0.3 is 19.3 Å². The summed E-state index contributed by atoms with van der Waals surface area (Å²) in [6.45, 7) is 2.82. The average molecular weight is 431 g/mol. The minimum Gasteiger partial charge on any atom is -0.452 e. The van der Waals surface area contributed by atoms with Crippen LogP contribution < -0.4 is 4.90 Å². The van der Waals surface area contributed by atoms with E-state index in [9.17, 15) is 19.7 Å². The number of hydrogen-bond donors (Lipinski definition) is 0. The topological polar surface area (TPSA) is 102 Å². The van der Waals surface area contributed by atoms with Gasteiger partial charge in [0.05, 0.1) is 29.4 Å². The maximum Gasteiger partial charge on any atom is 0.341 e. The number of carbonyl (C=O) groups excluding carboxylic acids is 2. The highest BCUT2D eigenvalue weighted by molar-refractivity contribution is 7.10. The molecule has 0 atom stereocenters. The van der Waals surface area contributed by atoms with Crippen LogP contribution in [0.1, 0.15) is 20.8 Å². The maximum atomic E-state index is 12.8. The summed E-state index contributed by atoms with van der Waals surface area (Å²) in [6, 6.07) is 6.11. The molecule has 0 saturated carbocycles. The minimum atomic E-state index is -0.748. The number of non-ortho nitro benzene ring substituents is 1. The molecule has 1 amide bonds. The molecule has 2 aliphatic rings. The van der Waals surface area contributed by atoms with Crippen molar-refractivity contribution in [3.63, 3.8) is 0 Å². The molecule has 1 saturated heterocycles. The summed E-state index contributed by atoms with van der Waals surface area (Å²) >= 11 is 1.68. The molecule has 158 valence electrons. The van der Waals surface area contributed by atoms with Crippen LogP contribution in [-0.2, 0) is 27.2 Å². The van der Waals surface area contributed by atoms with E-state index in [2.05, 4.69) is 0 Å². The van der Waals surface area contributed by atoms with E-state index >= 15 is 0 Å². The van der Waals surface area contributed by atoms with E-state index in [4.69, 9.17) is 9.47 Å². The molecule has 0 spiro atoms. The second kappa shape index (κ2) is 8.80. The third-order valence-electron chi connectivity index (χ3n) is 5.25. The van der Waals surface area contributed by atoms with Crippen LogP contribution in [0.4, 0.5) is 11.4 Å². The summed E-state index contributed by atoms with van der Waals surface area (Å²) in [6.07, 6.45) is 0.790. The number of carbonyl (C=O) groups is 2. The van der Waals surface area contributed by atoms with Crippen molar-refractivity contribution in [2.75, 3.05) is 44.4 Å². The molecule has 0 bridgehead atoms. The smallest absolute Gasteiger partial charge is 0.341 e. The first-order chi connectivity index (χ1) is 14.5. The van der Waals surface area contributed by atoms with Gasteiger partial charge in [-0.2, -0.15) is 0 Å². The Labute approximate surface area is 176 Å². The second-order valence-electron chi connectivity index (χ2n) is 7.07. The maximum absolute atomic E-state index is 12.8. The molecule has 4 rings (SSSR count). The summed E-state index contributed by atoms with van der Waals surface area (Å²) in [7, 11) is 0. The van der Waals surface area contributed by atoms with Crippen molar-refractivity contribution in [1.82, 2.24) is 4.90 Å². The number of hydrogen-bond acceptors (Lipinski definition) is 8. The number of nitrogens with zero attached hydrogens (tertiary/aromatic N) is 3. The molecular weight excluding hydrogens is 410 g/mol. The van der Waals surface area contributed by atoms with E-state index < -0.39 is 17.5 Å². The third-order valence-corrected chi connectivity index (χ3v) is 6.27. The number of anilines is 1. The van der Waals surface area contributed by atoms with Crippen molar-refractivity contribution in [3.05, 3.63) is 55.8 Å². The fourth-order valence-corrected chi connectivity index (χ4v) is 4.53. The molecular formula is C20H21N3O6S. The Morgan fingerprint density at radius 2 is 2.00 bits per heavy atom. The molecule has 0 aliphatic carbocycles. The number of ether oxygens (including phenoxy) is 2. The van der Waals surface area contributed by atoms with Crippen LogP contribution in [0, 0.1) is 10.1 Å². The molecule has 9 nitrogen and oxygen atoms in total. The highest BCUT2D eigenvalue weighted by atomic mass is 32.1. The number of morpholine rings is 1. The van der Waals surface area contributed by atoms with Crippen molar-refractivity contribution < 1.29 is 24.0 Å². The largest absolute Gasteiger partial charge is 0.452 e. The molecule has 2 aromatic rings. The van der Waals surface area contributed by atoms with Crippen molar-refractivity contribution in [1.29, 1.82) is 0 Å². The van der Waals surface area contributed by atoms with Crippen molar-refractivity contribution >= 4 is 34.6 Å². The molecule has 30 heavy (non-hydrogen) atoms. The van der Waals surface area contributed by atoms with E-state index in [1.165, 1.54) is 17.0 Å². The van der Waals surface area contributed by atoms with Gasteiger partial charge in [0.25, 0.3) is 11.6 Å². The molecule has 0 radical (unpaired) electrons. The lowest BCUT2D eigenvalue weighted by Crippen LogP contribution is -2.38. The Bertz CT molecular complexity index is 969. The average Bonchev–Trinajstić information content (AvgIpc) is 3.25. The van der Waals surface area contributed by atoms with E-state index in [0.29, 0.717) is 45.1 Å². The van der Waals surface area contributed by atoms with Crippen LogP contribution >= 0.6 is 11.3 Å². The fourth-order valence-electron chi connectivity index (χ4n) is 3.64. The number of benzene rings is 1. The van der Waals surface area contributed by atoms with Gasteiger partial charge in [-0.25, -0.2) is 4.79 Å². The van der Waals surface area contributed by atoms with Gasteiger partial charge in [0.2, 0.25) is 0 Å². The fraction of sp³-hybridized carbons (Fsp3) is 0.400. The lowest BCUT2D eigenvalue weighted by Gasteiger charge is -2.30. The van der Waals surface area contributed by atoms with Crippen molar-refractivity contribution in [3.8, 4) is 0 Å². The number of amides is 1. The zero-order valence-corrected chi connectivity index (χ0v) is 17.1. The quantitative estimate of drug-likeness (QED) is 0.406. The van der Waals surface area contributed by atoms with Gasteiger partial charge in [0.15, 0.2) is 6.61 Å². The molecule has 1 aromatic heterocycles. The molecule has 0 unspecified atom stereocenters. The minimum absolute atomic E-state index is 0.0812. The highest BCUT2D eigenvalue weighted by Crippen LogP contribution is 2.28. The normalized spacial score (nSPS) is 16.1. The zero-order valence-electron chi connectivity index (χ0n) is 16.2. The van der Waals surface area contributed by atoms with Crippen LogP contribution in [0.2, 0.25) is 0 Å². The monoisotopic (exact) mass is 431 g/mol. The predicted molar refractivity (Wildman–Crippen MR) is 110 cm³/mol. The van der Waals surface area contributed by atoms with Crippen molar-refractivity contribution in [2.24, 2.45) is 0 Å². The van der Waals surface area contributed by atoms with Gasteiger partial charge >= 0.3 is 5.97 Å². The number of nitro benzene ring substituents is 1. The van der Waals surface area contributed by atoms with Crippen LogP contribution in [0.15, 0.2) is 29.6 Å². The van der Waals surface area contributed by atoms with Crippen molar-refractivity contribution in [2.45, 2.75) is 13.0 Å². The van der Waals surface area contributed by atoms with Crippen LogP contribution in [0.5, 0.6) is 0 Å². The zero-order chi connectivity index (χ0) is 21.1. The molecule has 2 aliphatic heterocycles. The first kappa shape index (κ1) is 20.3. The number of esters is 1. The van der Waals surface area contributed by atoms with Crippen LogP contribution in [0.25, 0.3) is 0 Å². The first-order valence-corrected chi connectivity index (χ1v) is 10.5. The number of rotatable bonds is 5. The van der Waals surface area contributed by atoms with Gasteiger partial charge in [-0.1, -0.05) is 0 Å².